The number of carbonyl (C=O) groups excluding carboxylic acids is 2. The maximum Gasteiger partial charge on any atom is 0.225 e. The second kappa shape index (κ2) is 6.89. The Balaban J connectivity index is 1.75. The highest BCUT2D eigenvalue weighted by molar-refractivity contribution is 6.31. The quantitative estimate of drug-likeness (QED) is 0.817. The van der Waals surface area contributed by atoms with Crippen molar-refractivity contribution in [1.82, 2.24) is 5.32 Å². The van der Waals surface area contributed by atoms with Gasteiger partial charge in [-0.2, -0.15) is 0 Å². The molecule has 0 aromatic heterocycles. The Morgan fingerprint density at radius 3 is 2.41 bits per heavy atom. The van der Waals surface area contributed by atoms with Gasteiger partial charge in [0.1, 0.15) is 11.6 Å². The summed E-state index contributed by atoms with van der Waals surface area (Å²) < 4.78 is 27.6. The van der Waals surface area contributed by atoms with Crippen molar-refractivity contribution in [1.29, 1.82) is 0 Å². The molecule has 2 aromatic carbocycles. The van der Waals surface area contributed by atoms with Gasteiger partial charge in [0, 0.05) is 40.6 Å². The van der Waals surface area contributed by atoms with Crippen molar-refractivity contribution in [3.8, 4) is 0 Å². The Bertz CT molecular complexity index is 948. The lowest BCUT2D eigenvalue weighted by Crippen LogP contribution is -2.38. The van der Waals surface area contributed by atoms with E-state index in [2.05, 4.69) is 5.32 Å². The van der Waals surface area contributed by atoms with E-state index in [1.165, 1.54) is 24.3 Å². The predicted octanol–water partition coefficient (Wildman–Crippen LogP) is 4.62. The van der Waals surface area contributed by atoms with Crippen molar-refractivity contribution in [3.63, 3.8) is 0 Å². The van der Waals surface area contributed by atoms with Gasteiger partial charge in [-0.3, -0.25) is 9.59 Å². The van der Waals surface area contributed by atoms with E-state index in [-0.39, 0.29) is 46.9 Å². The Morgan fingerprint density at radius 1 is 0.963 bits per heavy atom. The SMILES string of the molecule is O=C1C[C@H](c2c(F)cccc2Cl)C2=C(C[C@H](c3ccc(F)cc3)CC2=O)N1. The summed E-state index contributed by atoms with van der Waals surface area (Å²) in [4.78, 5) is 25.2. The number of amides is 1. The number of nitrogens with one attached hydrogen (secondary N) is 1. The van der Waals surface area contributed by atoms with Crippen LogP contribution in [-0.2, 0) is 9.59 Å². The van der Waals surface area contributed by atoms with Crippen LogP contribution >= 0.6 is 11.6 Å². The number of ketones is 1. The molecule has 1 N–H and O–H groups in total. The van der Waals surface area contributed by atoms with E-state index in [1.54, 1.807) is 18.2 Å². The first kappa shape index (κ1) is 17.9. The molecule has 1 aliphatic heterocycles. The number of hydrogen-bond donors (Lipinski definition) is 1. The number of halogens is 3. The zero-order chi connectivity index (χ0) is 19.1. The smallest absolute Gasteiger partial charge is 0.225 e. The van der Waals surface area contributed by atoms with Gasteiger partial charge in [0.05, 0.1) is 0 Å². The molecule has 2 aromatic rings. The van der Waals surface area contributed by atoms with Gasteiger partial charge in [0.2, 0.25) is 5.91 Å². The molecule has 138 valence electrons. The average molecular weight is 388 g/mol. The minimum absolute atomic E-state index is 0.0214. The molecule has 0 unspecified atom stereocenters. The summed E-state index contributed by atoms with van der Waals surface area (Å²) in [6.07, 6.45) is 0.635. The maximum absolute atomic E-state index is 14.4. The molecular weight excluding hydrogens is 372 g/mol. The van der Waals surface area contributed by atoms with Gasteiger partial charge in [-0.1, -0.05) is 29.8 Å². The molecule has 1 aliphatic carbocycles. The summed E-state index contributed by atoms with van der Waals surface area (Å²) in [5.41, 5.74) is 1.97. The molecule has 1 heterocycles. The fourth-order valence-electron chi connectivity index (χ4n) is 4.02. The summed E-state index contributed by atoms with van der Waals surface area (Å²) in [6.45, 7) is 0. The second-order valence-electron chi connectivity index (χ2n) is 6.91. The van der Waals surface area contributed by atoms with Gasteiger partial charge < -0.3 is 5.32 Å². The topological polar surface area (TPSA) is 46.2 Å². The molecule has 2 atom stereocenters. The summed E-state index contributed by atoms with van der Waals surface area (Å²) in [6, 6.07) is 10.3. The molecule has 27 heavy (non-hydrogen) atoms. The van der Waals surface area contributed by atoms with Crippen LogP contribution in [0.1, 0.15) is 42.2 Å². The van der Waals surface area contributed by atoms with E-state index in [1.807, 2.05) is 0 Å². The molecule has 0 bridgehead atoms. The van der Waals surface area contributed by atoms with Crippen molar-refractivity contribution >= 4 is 23.3 Å². The Labute approximate surface area is 160 Å². The standard InChI is InChI=1S/C21H16ClF2NO2/c22-15-2-1-3-16(24)20(15)14-10-19(27)25-17-8-12(9-18(26)21(14)17)11-4-6-13(23)7-5-11/h1-7,12,14H,8-10H2,(H,25,27)/t12-,14+/m0/s1. The first-order valence-electron chi connectivity index (χ1n) is 8.69. The summed E-state index contributed by atoms with van der Waals surface area (Å²) in [5.74, 6) is -2.14. The number of benzene rings is 2. The normalized spacial score (nSPS) is 22.5. The molecule has 0 fully saturated rings. The van der Waals surface area contributed by atoms with Crippen LogP contribution in [0.25, 0.3) is 0 Å². The first-order valence-corrected chi connectivity index (χ1v) is 9.07. The van der Waals surface area contributed by atoms with E-state index < -0.39 is 11.7 Å². The Hall–Kier alpha value is -2.53. The van der Waals surface area contributed by atoms with Crippen LogP contribution in [0.3, 0.4) is 0 Å². The van der Waals surface area contributed by atoms with Crippen molar-refractivity contribution in [2.24, 2.45) is 0 Å². The minimum Gasteiger partial charge on any atom is -0.329 e. The number of carbonyl (C=O) groups is 2. The van der Waals surface area contributed by atoms with Gasteiger partial charge in [0.15, 0.2) is 5.78 Å². The fourth-order valence-corrected chi connectivity index (χ4v) is 4.32. The van der Waals surface area contributed by atoms with Crippen molar-refractivity contribution in [2.45, 2.75) is 31.1 Å². The molecule has 0 radical (unpaired) electrons. The Kier molecular flexibility index (Phi) is 4.56. The van der Waals surface area contributed by atoms with Gasteiger partial charge in [-0.25, -0.2) is 8.78 Å². The highest BCUT2D eigenvalue weighted by Crippen LogP contribution is 2.44. The van der Waals surface area contributed by atoms with Crippen molar-refractivity contribution in [2.75, 3.05) is 0 Å². The molecule has 3 nitrogen and oxygen atoms in total. The van der Waals surface area contributed by atoms with Crippen LogP contribution in [0.4, 0.5) is 8.78 Å². The van der Waals surface area contributed by atoms with Crippen molar-refractivity contribution < 1.29 is 18.4 Å². The first-order chi connectivity index (χ1) is 12.9. The molecule has 2 aliphatic rings. The van der Waals surface area contributed by atoms with Crippen LogP contribution in [0.2, 0.25) is 5.02 Å². The fraction of sp³-hybridized carbons (Fsp3) is 0.238. The molecule has 1 amide bonds. The second-order valence-corrected chi connectivity index (χ2v) is 7.32. The molecule has 0 saturated carbocycles. The van der Waals surface area contributed by atoms with Crippen LogP contribution < -0.4 is 5.32 Å². The van der Waals surface area contributed by atoms with Gasteiger partial charge >= 0.3 is 0 Å². The average Bonchev–Trinajstić information content (AvgIpc) is 2.61. The zero-order valence-corrected chi connectivity index (χ0v) is 15.0. The lowest BCUT2D eigenvalue weighted by Gasteiger charge is -2.34. The van der Waals surface area contributed by atoms with E-state index >= 15 is 0 Å². The lowest BCUT2D eigenvalue weighted by molar-refractivity contribution is -0.122. The van der Waals surface area contributed by atoms with E-state index in [9.17, 15) is 18.4 Å². The molecule has 0 spiro atoms. The van der Waals surface area contributed by atoms with Gasteiger partial charge in [0.25, 0.3) is 0 Å². The summed E-state index contributed by atoms with van der Waals surface area (Å²) in [5, 5.41) is 2.98. The highest BCUT2D eigenvalue weighted by atomic mass is 35.5. The predicted molar refractivity (Wildman–Crippen MR) is 97.3 cm³/mol. The third-order valence-corrected chi connectivity index (χ3v) is 5.56. The third-order valence-electron chi connectivity index (χ3n) is 5.23. The van der Waals surface area contributed by atoms with Gasteiger partial charge in [-0.15, -0.1) is 0 Å². The van der Waals surface area contributed by atoms with Crippen LogP contribution in [-0.4, -0.2) is 11.7 Å². The van der Waals surface area contributed by atoms with Crippen LogP contribution in [0.5, 0.6) is 0 Å². The highest BCUT2D eigenvalue weighted by Gasteiger charge is 2.39. The van der Waals surface area contributed by atoms with Crippen molar-refractivity contribution in [3.05, 3.63) is 81.5 Å². The summed E-state index contributed by atoms with van der Waals surface area (Å²) in [7, 11) is 0. The van der Waals surface area contributed by atoms with E-state index in [0.29, 0.717) is 17.7 Å². The van der Waals surface area contributed by atoms with Crippen LogP contribution in [0.15, 0.2) is 53.7 Å². The Morgan fingerprint density at radius 2 is 1.70 bits per heavy atom. The summed E-state index contributed by atoms with van der Waals surface area (Å²) >= 11 is 6.19. The lowest BCUT2D eigenvalue weighted by atomic mass is 9.73. The molecular formula is C21H16ClF2NO2. The number of allylic oxidation sites excluding steroid dienone is 2. The number of Topliss-reactive ketones (excluding diaryl/α,β-unsaturated/α-hetero) is 1. The molecule has 0 saturated heterocycles. The maximum atomic E-state index is 14.4. The zero-order valence-electron chi connectivity index (χ0n) is 14.3. The van der Waals surface area contributed by atoms with Crippen LogP contribution in [0, 0.1) is 11.6 Å². The number of rotatable bonds is 2. The molecule has 4 rings (SSSR count). The van der Waals surface area contributed by atoms with E-state index in [4.69, 9.17) is 11.6 Å². The number of hydrogen-bond acceptors (Lipinski definition) is 2. The third kappa shape index (κ3) is 3.28. The minimum atomic E-state index is -0.691. The largest absolute Gasteiger partial charge is 0.329 e. The van der Waals surface area contributed by atoms with E-state index in [0.717, 1.165) is 5.56 Å². The molecule has 6 heteroatoms. The monoisotopic (exact) mass is 387 g/mol. The van der Waals surface area contributed by atoms with Gasteiger partial charge in [-0.05, 0) is 42.2 Å².